The van der Waals surface area contributed by atoms with E-state index in [-0.39, 0.29) is 29.8 Å². The zero-order chi connectivity index (χ0) is 17.5. The number of benzene rings is 1. The third kappa shape index (κ3) is 3.20. The fraction of sp³-hybridized carbons (Fsp3) is 0.562. The zero-order valence-electron chi connectivity index (χ0n) is 13.1. The summed E-state index contributed by atoms with van der Waals surface area (Å²) in [6.45, 7) is 1.10. The predicted octanol–water partition coefficient (Wildman–Crippen LogP) is 2.25. The van der Waals surface area contributed by atoms with E-state index in [0.29, 0.717) is 36.5 Å². The molecule has 1 aromatic carbocycles. The van der Waals surface area contributed by atoms with Crippen molar-refractivity contribution in [2.24, 2.45) is 11.7 Å². The van der Waals surface area contributed by atoms with Gasteiger partial charge in [0.15, 0.2) is 0 Å². The molecule has 1 amide bonds. The summed E-state index contributed by atoms with van der Waals surface area (Å²) in [5.74, 6) is -0.350. The Morgan fingerprint density at radius 1 is 1.33 bits per heavy atom. The Hall–Kier alpha value is -1.08. The molecule has 0 spiro atoms. The Morgan fingerprint density at radius 2 is 1.92 bits per heavy atom. The Kier molecular flexibility index (Phi) is 4.93. The van der Waals surface area contributed by atoms with E-state index in [0.717, 1.165) is 0 Å². The number of nitrogens with one attached hydrogen (secondary N) is 1. The number of carbonyl (C=O) groups excluding carboxylic acids is 1. The highest BCUT2D eigenvalue weighted by molar-refractivity contribution is 6.42. The number of piperidine rings is 1. The highest BCUT2D eigenvalue weighted by Gasteiger charge is 2.47. The van der Waals surface area contributed by atoms with Crippen molar-refractivity contribution in [3.05, 3.63) is 27.7 Å². The second-order valence-corrected chi connectivity index (χ2v) is 7.36. The number of aromatic hydroxyl groups is 1. The average Bonchev–Trinajstić information content (AvgIpc) is 2.55. The van der Waals surface area contributed by atoms with Crippen LogP contribution in [-0.4, -0.2) is 47.8 Å². The molecular weight excluding hydrogens is 356 g/mol. The molecule has 2 aliphatic rings. The SMILES string of the molecule is N[C@@H](c1cc(Cl)c(Cl)cc1O)C1CCN(C(=O)C2(F)CNC2)CC1. The van der Waals surface area contributed by atoms with Gasteiger partial charge in [0.1, 0.15) is 5.75 Å². The van der Waals surface area contributed by atoms with Gasteiger partial charge in [-0.1, -0.05) is 23.2 Å². The molecule has 2 saturated heterocycles. The van der Waals surface area contributed by atoms with Crippen LogP contribution >= 0.6 is 23.2 Å². The molecule has 8 heteroatoms. The van der Waals surface area contributed by atoms with Crippen LogP contribution in [0.3, 0.4) is 0 Å². The second-order valence-electron chi connectivity index (χ2n) is 6.55. The van der Waals surface area contributed by atoms with Crippen LogP contribution in [0.15, 0.2) is 12.1 Å². The molecule has 2 heterocycles. The van der Waals surface area contributed by atoms with E-state index in [1.54, 1.807) is 11.0 Å². The van der Waals surface area contributed by atoms with Gasteiger partial charge in [-0.2, -0.15) is 0 Å². The summed E-state index contributed by atoms with van der Waals surface area (Å²) in [6, 6.07) is 2.55. The van der Waals surface area contributed by atoms with Crippen LogP contribution in [0, 0.1) is 5.92 Å². The molecule has 0 saturated carbocycles. The molecule has 0 unspecified atom stereocenters. The van der Waals surface area contributed by atoms with Gasteiger partial charge in [-0.25, -0.2) is 4.39 Å². The molecule has 132 valence electrons. The third-order valence-electron chi connectivity index (χ3n) is 4.96. The quantitative estimate of drug-likeness (QED) is 0.756. The predicted molar refractivity (Wildman–Crippen MR) is 91.1 cm³/mol. The minimum absolute atomic E-state index is 0.0126. The van der Waals surface area contributed by atoms with E-state index in [2.05, 4.69) is 5.32 Å². The minimum Gasteiger partial charge on any atom is -0.508 e. The molecule has 1 atom stereocenters. The minimum atomic E-state index is -1.75. The lowest BCUT2D eigenvalue weighted by Gasteiger charge is -2.41. The van der Waals surface area contributed by atoms with E-state index in [1.165, 1.54) is 6.07 Å². The molecule has 1 aromatic rings. The largest absolute Gasteiger partial charge is 0.508 e. The smallest absolute Gasteiger partial charge is 0.262 e. The number of amides is 1. The van der Waals surface area contributed by atoms with Gasteiger partial charge < -0.3 is 21.1 Å². The number of alkyl halides is 1. The summed E-state index contributed by atoms with van der Waals surface area (Å²) >= 11 is 11.9. The van der Waals surface area contributed by atoms with Crippen molar-refractivity contribution in [3.8, 4) is 5.75 Å². The van der Waals surface area contributed by atoms with Gasteiger partial charge in [-0.05, 0) is 24.8 Å². The maximum absolute atomic E-state index is 14.2. The maximum Gasteiger partial charge on any atom is 0.262 e. The van der Waals surface area contributed by atoms with Crippen molar-refractivity contribution >= 4 is 29.1 Å². The van der Waals surface area contributed by atoms with Crippen LogP contribution in [0.2, 0.25) is 10.0 Å². The molecular formula is C16H20Cl2FN3O2. The number of nitrogens with two attached hydrogens (primary N) is 1. The lowest BCUT2D eigenvalue weighted by Crippen LogP contribution is -2.65. The van der Waals surface area contributed by atoms with E-state index < -0.39 is 17.6 Å². The van der Waals surface area contributed by atoms with Crippen LogP contribution in [0.25, 0.3) is 0 Å². The number of likely N-dealkylation sites (tertiary alicyclic amines) is 1. The first-order valence-electron chi connectivity index (χ1n) is 7.94. The second kappa shape index (κ2) is 6.67. The first-order chi connectivity index (χ1) is 11.3. The van der Waals surface area contributed by atoms with E-state index >= 15 is 0 Å². The number of rotatable bonds is 3. The number of phenols is 1. The van der Waals surface area contributed by atoms with Crippen molar-refractivity contribution < 1.29 is 14.3 Å². The Morgan fingerprint density at radius 3 is 2.46 bits per heavy atom. The van der Waals surface area contributed by atoms with Crippen LogP contribution in [0.5, 0.6) is 5.75 Å². The molecule has 5 nitrogen and oxygen atoms in total. The molecule has 4 N–H and O–H groups in total. The Bertz CT molecular complexity index is 646. The van der Waals surface area contributed by atoms with Gasteiger partial charge in [-0.3, -0.25) is 4.79 Å². The van der Waals surface area contributed by atoms with Crippen LogP contribution in [0.1, 0.15) is 24.4 Å². The molecule has 0 bridgehead atoms. The van der Waals surface area contributed by atoms with Crippen LogP contribution in [-0.2, 0) is 4.79 Å². The van der Waals surface area contributed by atoms with Gasteiger partial charge in [0.2, 0.25) is 5.67 Å². The molecule has 2 fully saturated rings. The van der Waals surface area contributed by atoms with E-state index in [9.17, 15) is 14.3 Å². The van der Waals surface area contributed by atoms with Gasteiger partial charge >= 0.3 is 0 Å². The lowest BCUT2D eigenvalue weighted by atomic mass is 9.85. The zero-order valence-corrected chi connectivity index (χ0v) is 14.6. The molecule has 0 aromatic heterocycles. The molecule has 3 rings (SSSR count). The normalized spacial score (nSPS) is 22.1. The van der Waals surface area contributed by atoms with Crippen molar-refractivity contribution in [1.29, 1.82) is 0 Å². The number of hydrogen-bond acceptors (Lipinski definition) is 4. The molecule has 24 heavy (non-hydrogen) atoms. The maximum atomic E-state index is 14.2. The number of halogens is 3. The lowest BCUT2D eigenvalue weighted by molar-refractivity contribution is -0.149. The Labute approximate surface area is 149 Å². The van der Waals surface area contributed by atoms with Crippen LogP contribution in [0.4, 0.5) is 4.39 Å². The average molecular weight is 376 g/mol. The number of hydrogen-bond donors (Lipinski definition) is 3. The highest BCUT2D eigenvalue weighted by atomic mass is 35.5. The van der Waals surface area contributed by atoms with Gasteiger partial charge in [0.05, 0.1) is 10.0 Å². The number of phenolic OH excluding ortho intramolecular Hbond substituents is 1. The van der Waals surface area contributed by atoms with Crippen molar-refractivity contribution in [1.82, 2.24) is 10.2 Å². The number of carbonyl (C=O) groups is 1. The van der Waals surface area contributed by atoms with Crippen molar-refractivity contribution in [2.45, 2.75) is 24.6 Å². The molecule has 0 radical (unpaired) electrons. The van der Waals surface area contributed by atoms with Crippen molar-refractivity contribution in [2.75, 3.05) is 26.2 Å². The van der Waals surface area contributed by atoms with E-state index in [4.69, 9.17) is 28.9 Å². The summed E-state index contributed by atoms with van der Waals surface area (Å²) in [4.78, 5) is 13.8. The summed E-state index contributed by atoms with van der Waals surface area (Å²) in [5.41, 5.74) is 5.07. The van der Waals surface area contributed by atoms with Gasteiger partial charge in [0.25, 0.3) is 5.91 Å². The summed E-state index contributed by atoms with van der Waals surface area (Å²) in [5, 5.41) is 13.5. The third-order valence-corrected chi connectivity index (χ3v) is 5.68. The highest BCUT2D eigenvalue weighted by Crippen LogP contribution is 2.38. The fourth-order valence-corrected chi connectivity index (χ4v) is 3.64. The number of nitrogens with zero attached hydrogens (tertiary/aromatic N) is 1. The Balaban J connectivity index is 1.64. The first-order valence-corrected chi connectivity index (χ1v) is 8.70. The molecule has 2 aliphatic heterocycles. The standard InChI is InChI=1S/C16H20Cl2FN3O2/c17-11-5-10(13(23)6-12(11)18)14(20)9-1-3-22(4-2-9)15(24)16(19)7-21-8-16/h5-6,9,14,21,23H,1-4,7-8,20H2/t14-/m1/s1. The fourth-order valence-electron chi connectivity index (χ4n) is 3.31. The first kappa shape index (κ1) is 17.7. The van der Waals surface area contributed by atoms with Gasteiger partial charge in [0, 0.05) is 43.9 Å². The summed E-state index contributed by atoms with van der Waals surface area (Å²) in [6.07, 6.45) is 1.30. The summed E-state index contributed by atoms with van der Waals surface area (Å²) < 4.78 is 14.2. The summed E-state index contributed by atoms with van der Waals surface area (Å²) in [7, 11) is 0. The van der Waals surface area contributed by atoms with Gasteiger partial charge in [-0.15, -0.1) is 0 Å². The van der Waals surface area contributed by atoms with E-state index in [1.807, 2.05) is 0 Å². The van der Waals surface area contributed by atoms with Crippen LogP contribution < -0.4 is 11.1 Å². The van der Waals surface area contributed by atoms with Crippen molar-refractivity contribution in [3.63, 3.8) is 0 Å². The molecule has 0 aliphatic carbocycles. The monoisotopic (exact) mass is 375 g/mol. The topological polar surface area (TPSA) is 78.6 Å².